The van der Waals surface area contributed by atoms with Gasteiger partial charge in [0, 0.05) is 17.2 Å². The van der Waals surface area contributed by atoms with E-state index in [2.05, 4.69) is 68.4 Å². The first kappa shape index (κ1) is 9.85. The van der Waals surface area contributed by atoms with E-state index in [1.54, 1.807) is 0 Å². The van der Waals surface area contributed by atoms with Crippen molar-refractivity contribution >= 4 is 21.7 Å². The molecule has 0 unspecified atom stereocenters. The van der Waals surface area contributed by atoms with Crippen molar-refractivity contribution in [2.24, 2.45) is 0 Å². The number of nitrogens with one attached hydrogen (secondary N) is 1. The number of hydrogen-bond acceptors (Lipinski definition) is 1. The lowest BCUT2D eigenvalue weighted by molar-refractivity contribution is -0.674. The van der Waals surface area contributed by atoms with Gasteiger partial charge in [0.25, 0.3) is 5.82 Å². The van der Waals surface area contributed by atoms with E-state index in [0.717, 1.165) is 17.6 Å². The highest BCUT2D eigenvalue weighted by atomic mass is 79.9. The number of nitrogens with zero attached hydrogens (tertiary/aromatic N) is 1. The third kappa shape index (κ3) is 1.71. The van der Waals surface area contributed by atoms with Crippen molar-refractivity contribution in [3.8, 4) is 0 Å². The minimum Gasteiger partial charge on any atom is -0.270 e. The van der Waals surface area contributed by atoms with Crippen LogP contribution in [0.3, 0.4) is 0 Å². The van der Waals surface area contributed by atoms with Crippen LogP contribution in [0.25, 0.3) is 0 Å². The van der Waals surface area contributed by atoms with Crippen molar-refractivity contribution in [2.75, 3.05) is 5.32 Å². The second-order valence-electron chi connectivity index (χ2n) is 3.98. The van der Waals surface area contributed by atoms with Crippen LogP contribution in [-0.4, -0.2) is 0 Å². The number of hydrogen-bond donors (Lipinski definition) is 1. The van der Waals surface area contributed by atoms with Crippen LogP contribution >= 0.6 is 15.9 Å². The van der Waals surface area contributed by atoms with E-state index in [4.69, 9.17) is 0 Å². The molecule has 3 rings (SSSR count). The highest BCUT2D eigenvalue weighted by Crippen LogP contribution is 2.17. The summed E-state index contributed by atoms with van der Waals surface area (Å²) < 4.78 is 3.34. The monoisotopic (exact) mass is 275 g/mol. The van der Waals surface area contributed by atoms with Crippen LogP contribution in [0, 0.1) is 0 Å². The van der Waals surface area contributed by atoms with E-state index >= 15 is 0 Å². The van der Waals surface area contributed by atoms with Crippen molar-refractivity contribution in [3.05, 3.63) is 58.2 Å². The average Bonchev–Trinajstić information content (AvgIpc) is 2.47. The lowest BCUT2D eigenvalue weighted by Gasteiger charge is -2.03. The van der Waals surface area contributed by atoms with Crippen LogP contribution in [0.2, 0.25) is 0 Å². The molecule has 3 heteroatoms. The summed E-state index contributed by atoms with van der Waals surface area (Å²) in [6.07, 6.45) is 2.12. The second-order valence-corrected chi connectivity index (χ2v) is 4.90. The SMILES string of the molecule is Brc1ccc2[n+](c1)Cc1ccccc1CN2. The number of rotatable bonds is 0. The van der Waals surface area contributed by atoms with E-state index < -0.39 is 0 Å². The molecule has 0 saturated heterocycles. The van der Waals surface area contributed by atoms with E-state index in [-0.39, 0.29) is 0 Å². The molecule has 80 valence electrons. The third-order valence-corrected chi connectivity index (χ3v) is 3.38. The fourth-order valence-electron chi connectivity index (χ4n) is 2.06. The molecule has 1 aliphatic heterocycles. The maximum atomic E-state index is 3.51. The Morgan fingerprint density at radius 1 is 1.06 bits per heavy atom. The van der Waals surface area contributed by atoms with Crippen LogP contribution in [-0.2, 0) is 13.1 Å². The zero-order chi connectivity index (χ0) is 11.0. The second kappa shape index (κ2) is 3.91. The van der Waals surface area contributed by atoms with Gasteiger partial charge in [-0.15, -0.1) is 0 Å². The highest BCUT2D eigenvalue weighted by Gasteiger charge is 2.16. The molecule has 0 amide bonds. The number of fused-ring (bicyclic) bond motifs is 2. The van der Waals surface area contributed by atoms with Gasteiger partial charge in [0.2, 0.25) is 0 Å². The summed E-state index contributed by atoms with van der Waals surface area (Å²) in [5.74, 6) is 1.17. The predicted octanol–water partition coefficient (Wildman–Crippen LogP) is 2.71. The van der Waals surface area contributed by atoms with Crippen molar-refractivity contribution in [3.63, 3.8) is 0 Å². The maximum absolute atomic E-state index is 3.51. The maximum Gasteiger partial charge on any atom is 0.274 e. The average molecular weight is 276 g/mol. The van der Waals surface area contributed by atoms with Gasteiger partial charge in [0.05, 0.1) is 4.47 Å². The molecule has 0 radical (unpaired) electrons. The molecule has 1 N–H and O–H groups in total. The van der Waals surface area contributed by atoms with Crippen LogP contribution in [0.5, 0.6) is 0 Å². The van der Waals surface area contributed by atoms with Gasteiger partial charge in [-0.3, -0.25) is 5.32 Å². The summed E-state index contributed by atoms with van der Waals surface area (Å²) in [5.41, 5.74) is 2.76. The zero-order valence-corrected chi connectivity index (χ0v) is 10.4. The zero-order valence-electron chi connectivity index (χ0n) is 8.78. The van der Waals surface area contributed by atoms with Gasteiger partial charge in [-0.2, -0.15) is 0 Å². The molecule has 0 aliphatic carbocycles. The summed E-state index contributed by atoms with van der Waals surface area (Å²) in [5, 5.41) is 3.45. The number of halogens is 1. The molecule has 2 nitrogen and oxygen atoms in total. The third-order valence-electron chi connectivity index (χ3n) is 2.91. The van der Waals surface area contributed by atoms with Gasteiger partial charge in [-0.05, 0) is 22.0 Å². The molecule has 0 spiro atoms. The number of benzene rings is 1. The fraction of sp³-hybridized carbons (Fsp3) is 0.154. The minimum absolute atomic E-state index is 0.901. The first-order chi connectivity index (χ1) is 7.83. The van der Waals surface area contributed by atoms with Gasteiger partial charge >= 0.3 is 0 Å². The molecule has 2 aromatic rings. The molecule has 0 fully saturated rings. The standard InChI is InChI=1S/C13H11BrN2/c14-12-5-6-13-15-7-10-3-1-2-4-11(10)8-16(13)9-12/h1-6,9H,7-8H2/p+1. The summed E-state index contributed by atoms with van der Waals surface area (Å²) in [6, 6.07) is 12.7. The number of anilines is 1. The normalized spacial score (nSPS) is 13.3. The molecule has 0 saturated carbocycles. The molecule has 1 aromatic heterocycles. The Bertz CT molecular complexity index is 537. The van der Waals surface area contributed by atoms with Gasteiger partial charge in [-0.25, -0.2) is 4.57 Å². The Labute approximate surface area is 103 Å². The molecule has 2 heterocycles. The molecular formula is C13H12BrN2+. The summed E-state index contributed by atoms with van der Waals surface area (Å²) in [6.45, 7) is 1.83. The largest absolute Gasteiger partial charge is 0.274 e. The number of aromatic nitrogens is 1. The van der Waals surface area contributed by atoms with Crippen LogP contribution in [0.4, 0.5) is 5.82 Å². The molecule has 1 aliphatic rings. The van der Waals surface area contributed by atoms with Crippen molar-refractivity contribution in [2.45, 2.75) is 13.1 Å². The predicted molar refractivity (Wildman–Crippen MR) is 67.2 cm³/mol. The van der Waals surface area contributed by atoms with Crippen LogP contribution in [0.15, 0.2) is 47.1 Å². The number of pyridine rings is 1. The van der Waals surface area contributed by atoms with Crippen LogP contribution < -0.4 is 9.88 Å². The molecule has 1 aromatic carbocycles. The van der Waals surface area contributed by atoms with Gasteiger partial charge < -0.3 is 0 Å². The Morgan fingerprint density at radius 2 is 1.88 bits per heavy atom. The van der Waals surface area contributed by atoms with E-state index in [0.29, 0.717) is 0 Å². The van der Waals surface area contributed by atoms with E-state index in [1.165, 1.54) is 16.9 Å². The summed E-state index contributed by atoms with van der Waals surface area (Å²) in [4.78, 5) is 0. The molecule has 16 heavy (non-hydrogen) atoms. The quantitative estimate of drug-likeness (QED) is 0.732. The fourth-order valence-corrected chi connectivity index (χ4v) is 2.44. The highest BCUT2D eigenvalue weighted by molar-refractivity contribution is 9.10. The Morgan fingerprint density at radius 3 is 2.75 bits per heavy atom. The molecule has 0 bridgehead atoms. The van der Waals surface area contributed by atoms with Crippen molar-refractivity contribution in [1.29, 1.82) is 0 Å². The van der Waals surface area contributed by atoms with E-state index in [1.807, 2.05) is 0 Å². The van der Waals surface area contributed by atoms with Crippen molar-refractivity contribution < 1.29 is 4.57 Å². The van der Waals surface area contributed by atoms with Gasteiger partial charge in [-0.1, -0.05) is 24.3 Å². The van der Waals surface area contributed by atoms with Gasteiger partial charge in [0.1, 0.15) is 19.3 Å². The smallest absolute Gasteiger partial charge is 0.270 e. The Balaban J connectivity index is 2.10. The van der Waals surface area contributed by atoms with E-state index in [9.17, 15) is 0 Å². The lowest BCUT2D eigenvalue weighted by Crippen LogP contribution is -2.35. The summed E-state index contributed by atoms with van der Waals surface area (Å²) in [7, 11) is 0. The lowest BCUT2D eigenvalue weighted by atomic mass is 10.1. The van der Waals surface area contributed by atoms with Crippen molar-refractivity contribution in [1.82, 2.24) is 0 Å². The topological polar surface area (TPSA) is 15.9 Å². The summed E-state index contributed by atoms with van der Waals surface area (Å²) >= 11 is 3.51. The molecule has 0 atom stereocenters. The van der Waals surface area contributed by atoms with Crippen LogP contribution in [0.1, 0.15) is 11.1 Å². The molecular weight excluding hydrogens is 264 g/mol. The Hall–Kier alpha value is -1.35. The Kier molecular flexibility index (Phi) is 2.40. The minimum atomic E-state index is 0.901. The van der Waals surface area contributed by atoms with Gasteiger partial charge in [0.15, 0.2) is 0 Å². The first-order valence-electron chi connectivity index (χ1n) is 5.32. The first-order valence-corrected chi connectivity index (χ1v) is 6.12.